The monoisotopic (exact) mass is 508 g/mol. The van der Waals surface area contributed by atoms with Crippen molar-refractivity contribution in [1.82, 2.24) is 14.8 Å². The molecule has 5 rings (SSSR count). The lowest BCUT2D eigenvalue weighted by molar-refractivity contribution is -0.118. The van der Waals surface area contributed by atoms with E-state index < -0.39 is 0 Å². The van der Waals surface area contributed by atoms with Crippen LogP contribution in [0.25, 0.3) is 11.4 Å². The second-order valence-corrected chi connectivity index (χ2v) is 10.1. The van der Waals surface area contributed by atoms with Gasteiger partial charge >= 0.3 is 0 Å². The Morgan fingerprint density at radius 3 is 2.48 bits per heavy atom. The number of carbonyl (C=O) groups excluding carboxylic acids is 1. The number of hydrogen-bond donors (Lipinski definition) is 1. The van der Waals surface area contributed by atoms with Gasteiger partial charge in [0.25, 0.3) is 0 Å². The lowest BCUT2D eigenvalue weighted by Gasteiger charge is -2.38. The standard InChI is InChI=1S/C25H25BrN4O3/c1-25(2)12-17-21(18(31)13-25)22(14-5-8-16(26)9-6-14)30-24(27-17)28-23(29-30)15-7-10-19(32-3)20(11-15)33-4/h5-11,22H,12-13H2,1-4H3,(H,27,28,29). The van der Waals surface area contributed by atoms with Crippen LogP contribution in [-0.4, -0.2) is 34.8 Å². The predicted molar refractivity (Wildman–Crippen MR) is 130 cm³/mol. The number of benzene rings is 2. The molecule has 1 atom stereocenters. The number of hydrogen-bond acceptors (Lipinski definition) is 6. The van der Waals surface area contributed by atoms with Crippen molar-refractivity contribution in [2.45, 2.75) is 32.7 Å². The molecular weight excluding hydrogens is 484 g/mol. The highest BCUT2D eigenvalue weighted by molar-refractivity contribution is 9.10. The van der Waals surface area contributed by atoms with Crippen molar-refractivity contribution in [3.63, 3.8) is 0 Å². The number of Topliss-reactive ketones (excluding diaryl/α,β-unsaturated/α-hetero) is 1. The van der Waals surface area contributed by atoms with Crippen molar-refractivity contribution in [2.75, 3.05) is 19.5 Å². The average molecular weight is 509 g/mol. The number of rotatable bonds is 4. The minimum absolute atomic E-state index is 0.110. The second kappa shape index (κ2) is 8.02. The molecule has 1 N–H and O–H groups in total. The van der Waals surface area contributed by atoms with Gasteiger partial charge < -0.3 is 14.8 Å². The van der Waals surface area contributed by atoms with Crippen LogP contribution in [0.2, 0.25) is 0 Å². The minimum atomic E-state index is -0.339. The number of carbonyl (C=O) groups is 1. The molecule has 33 heavy (non-hydrogen) atoms. The van der Waals surface area contributed by atoms with Crippen LogP contribution in [0.15, 0.2) is 58.2 Å². The Kier molecular flexibility index (Phi) is 5.28. The Balaban J connectivity index is 1.65. The van der Waals surface area contributed by atoms with E-state index in [4.69, 9.17) is 19.6 Å². The van der Waals surface area contributed by atoms with Gasteiger partial charge in [-0.15, -0.1) is 5.10 Å². The first-order valence-corrected chi connectivity index (χ1v) is 11.6. The van der Waals surface area contributed by atoms with Crippen LogP contribution in [0, 0.1) is 5.41 Å². The number of ether oxygens (including phenoxy) is 2. The summed E-state index contributed by atoms with van der Waals surface area (Å²) in [4.78, 5) is 18.1. The summed E-state index contributed by atoms with van der Waals surface area (Å²) < 4.78 is 13.6. The smallest absolute Gasteiger partial charge is 0.226 e. The van der Waals surface area contributed by atoms with Crippen LogP contribution in [0.3, 0.4) is 0 Å². The first kappa shape index (κ1) is 21.7. The highest BCUT2D eigenvalue weighted by atomic mass is 79.9. The van der Waals surface area contributed by atoms with Crippen LogP contribution < -0.4 is 14.8 Å². The molecule has 1 aliphatic heterocycles. The van der Waals surface area contributed by atoms with E-state index in [1.54, 1.807) is 14.2 Å². The Morgan fingerprint density at radius 2 is 1.79 bits per heavy atom. The molecule has 170 valence electrons. The van der Waals surface area contributed by atoms with E-state index in [1.807, 2.05) is 47.1 Å². The van der Waals surface area contributed by atoms with Crippen molar-refractivity contribution < 1.29 is 14.3 Å². The molecule has 8 heteroatoms. The van der Waals surface area contributed by atoms with Gasteiger partial charge in [0.2, 0.25) is 5.95 Å². The molecular formula is C25H25BrN4O3. The van der Waals surface area contributed by atoms with Crippen molar-refractivity contribution in [2.24, 2.45) is 5.41 Å². The number of anilines is 1. The van der Waals surface area contributed by atoms with Crippen molar-refractivity contribution in [3.8, 4) is 22.9 Å². The Hall–Kier alpha value is -3.13. The number of nitrogens with zero attached hydrogens (tertiary/aromatic N) is 3. The van der Waals surface area contributed by atoms with Gasteiger partial charge in [-0.2, -0.15) is 4.98 Å². The molecule has 2 aliphatic rings. The van der Waals surface area contributed by atoms with E-state index in [9.17, 15) is 4.79 Å². The highest BCUT2D eigenvalue weighted by Gasteiger charge is 2.41. The van der Waals surface area contributed by atoms with Crippen molar-refractivity contribution in [1.29, 1.82) is 0 Å². The van der Waals surface area contributed by atoms with Crippen molar-refractivity contribution >= 4 is 27.7 Å². The molecule has 2 aromatic carbocycles. The van der Waals surface area contributed by atoms with Gasteiger partial charge in [0.05, 0.1) is 14.2 Å². The van der Waals surface area contributed by atoms with E-state index in [0.29, 0.717) is 29.7 Å². The van der Waals surface area contributed by atoms with Crippen molar-refractivity contribution in [3.05, 3.63) is 63.8 Å². The molecule has 1 aliphatic carbocycles. The van der Waals surface area contributed by atoms with E-state index in [2.05, 4.69) is 35.1 Å². The van der Waals surface area contributed by atoms with E-state index >= 15 is 0 Å². The fourth-order valence-corrected chi connectivity index (χ4v) is 4.92. The maximum absolute atomic E-state index is 13.3. The number of fused-ring (bicyclic) bond motifs is 1. The molecule has 1 aromatic heterocycles. The molecule has 0 saturated heterocycles. The molecule has 1 unspecified atom stereocenters. The maximum atomic E-state index is 13.3. The summed E-state index contributed by atoms with van der Waals surface area (Å²) in [6.07, 6.45) is 1.28. The Labute approximate surface area is 200 Å². The van der Waals surface area contributed by atoms with Gasteiger partial charge in [-0.25, -0.2) is 4.68 Å². The number of ketones is 1. The van der Waals surface area contributed by atoms with Crippen LogP contribution in [0.1, 0.15) is 38.3 Å². The normalized spacial score (nSPS) is 18.9. The SMILES string of the molecule is COc1ccc(-c2nc3n(n2)C(c2ccc(Br)cc2)C2=C(CC(C)(C)CC2=O)N3)cc1OC. The van der Waals surface area contributed by atoms with Gasteiger partial charge in [0, 0.05) is 27.7 Å². The Morgan fingerprint density at radius 1 is 1.06 bits per heavy atom. The summed E-state index contributed by atoms with van der Waals surface area (Å²) in [5.74, 6) is 2.56. The summed E-state index contributed by atoms with van der Waals surface area (Å²) in [6, 6.07) is 13.3. The fourth-order valence-electron chi connectivity index (χ4n) is 4.66. The lowest BCUT2D eigenvalue weighted by Crippen LogP contribution is -2.36. The number of nitrogens with one attached hydrogen (secondary N) is 1. The Bertz CT molecular complexity index is 1280. The average Bonchev–Trinajstić information content (AvgIpc) is 3.20. The molecule has 0 radical (unpaired) electrons. The zero-order valence-corrected chi connectivity index (χ0v) is 20.6. The summed E-state index contributed by atoms with van der Waals surface area (Å²) in [5, 5.41) is 8.26. The zero-order chi connectivity index (χ0) is 23.3. The number of aromatic nitrogens is 3. The topological polar surface area (TPSA) is 78.3 Å². The van der Waals surface area contributed by atoms with Crippen LogP contribution in [0.5, 0.6) is 11.5 Å². The van der Waals surface area contributed by atoms with Crippen LogP contribution >= 0.6 is 15.9 Å². The van der Waals surface area contributed by atoms with Gasteiger partial charge in [0.1, 0.15) is 6.04 Å². The summed E-state index contributed by atoms with van der Waals surface area (Å²) >= 11 is 3.51. The van der Waals surface area contributed by atoms with Gasteiger partial charge in [-0.1, -0.05) is 41.9 Å². The van der Waals surface area contributed by atoms with Gasteiger partial charge in [-0.3, -0.25) is 4.79 Å². The molecule has 0 fully saturated rings. The number of allylic oxidation sites excluding steroid dienone is 2. The molecule has 0 saturated carbocycles. The van der Waals surface area contributed by atoms with E-state index in [0.717, 1.165) is 33.3 Å². The predicted octanol–water partition coefficient (Wildman–Crippen LogP) is 5.38. The number of methoxy groups -OCH3 is 2. The lowest BCUT2D eigenvalue weighted by atomic mass is 9.73. The fraction of sp³-hybridized carbons (Fsp3) is 0.320. The van der Waals surface area contributed by atoms with E-state index in [-0.39, 0.29) is 17.2 Å². The zero-order valence-electron chi connectivity index (χ0n) is 19.0. The van der Waals surface area contributed by atoms with Crippen LogP contribution in [-0.2, 0) is 4.79 Å². The second-order valence-electron chi connectivity index (χ2n) is 9.19. The first-order valence-electron chi connectivity index (χ1n) is 10.8. The molecule has 0 amide bonds. The molecule has 0 bridgehead atoms. The highest BCUT2D eigenvalue weighted by Crippen LogP contribution is 2.46. The van der Waals surface area contributed by atoms with Crippen LogP contribution in [0.4, 0.5) is 5.95 Å². The largest absolute Gasteiger partial charge is 0.493 e. The third-order valence-corrected chi connectivity index (χ3v) is 6.69. The first-order chi connectivity index (χ1) is 15.8. The minimum Gasteiger partial charge on any atom is -0.493 e. The van der Waals surface area contributed by atoms with E-state index in [1.165, 1.54) is 0 Å². The third kappa shape index (κ3) is 3.82. The van der Waals surface area contributed by atoms with Gasteiger partial charge in [0.15, 0.2) is 23.1 Å². The summed E-state index contributed by atoms with van der Waals surface area (Å²) in [7, 11) is 3.20. The maximum Gasteiger partial charge on any atom is 0.226 e. The summed E-state index contributed by atoms with van der Waals surface area (Å²) in [5.41, 5.74) is 3.39. The molecule has 2 heterocycles. The quantitative estimate of drug-likeness (QED) is 0.509. The third-order valence-electron chi connectivity index (χ3n) is 6.16. The molecule has 0 spiro atoms. The molecule has 7 nitrogen and oxygen atoms in total. The summed E-state index contributed by atoms with van der Waals surface area (Å²) in [6.45, 7) is 4.25. The van der Waals surface area contributed by atoms with Gasteiger partial charge in [-0.05, 0) is 47.7 Å². The molecule has 3 aromatic rings. The number of halogens is 1.